The summed E-state index contributed by atoms with van der Waals surface area (Å²) < 4.78 is 25.2. The van der Waals surface area contributed by atoms with Crippen LogP contribution in [0.25, 0.3) is 0 Å². The molecule has 2 rings (SSSR count). The third kappa shape index (κ3) is 2.14. The lowest BCUT2D eigenvalue weighted by atomic mass is 10.1. The van der Waals surface area contributed by atoms with Crippen molar-refractivity contribution in [3.8, 4) is 11.8 Å². The van der Waals surface area contributed by atoms with Crippen LogP contribution in [0.1, 0.15) is 34.1 Å². The molecular formula is C13H11NO5S. The highest BCUT2D eigenvalue weighted by molar-refractivity contribution is 7.90. The number of carbonyl (C=O) groups excluding carboxylic acids is 1. The Morgan fingerprint density at radius 2 is 2.10 bits per heavy atom. The SMILES string of the molecule is CC#CCCN1C(=O)c2ccc(C(=O)O)cc2S1(=O)=O. The van der Waals surface area contributed by atoms with Gasteiger partial charge < -0.3 is 5.11 Å². The van der Waals surface area contributed by atoms with Crippen LogP contribution in [0.5, 0.6) is 0 Å². The van der Waals surface area contributed by atoms with Crippen molar-refractivity contribution in [2.45, 2.75) is 18.2 Å². The number of sulfonamides is 1. The molecule has 1 aromatic rings. The highest BCUT2D eigenvalue weighted by Gasteiger charge is 2.41. The first kappa shape index (κ1) is 14.1. The van der Waals surface area contributed by atoms with E-state index in [0.717, 1.165) is 10.4 Å². The zero-order valence-corrected chi connectivity index (χ0v) is 11.4. The zero-order chi connectivity index (χ0) is 14.9. The summed E-state index contributed by atoms with van der Waals surface area (Å²) in [6.45, 7) is 1.58. The molecule has 0 atom stereocenters. The molecule has 0 bridgehead atoms. The van der Waals surface area contributed by atoms with E-state index in [-0.39, 0.29) is 29.0 Å². The summed E-state index contributed by atoms with van der Waals surface area (Å²) in [5.41, 5.74) is -0.171. The number of fused-ring (bicyclic) bond motifs is 1. The van der Waals surface area contributed by atoms with Crippen LogP contribution < -0.4 is 0 Å². The Morgan fingerprint density at radius 1 is 1.40 bits per heavy atom. The summed E-state index contributed by atoms with van der Waals surface area (Å²) in [6, 6.07) is 3.45. The van der Waals surface area contributed by atoms with Gasteiger partial charge in [0, 0.05) is 13.0 Å². The van der Waals surface area contributed by atoms with Crippen molar-refractivity contribution in [2.75, 3.05) is 6.54 Å². The number of hydrogen-bond acceptors (Lipinski definition) is 4. The van der Waals surface area contributed by atoms with Crippen molar-refractivity contribution < 1.29 is 23.1 Å². The van der Waals surface area contributed by atoms with Gasteiger partial charge in [-0.1, -0.05) is 0 Å². The van der Waals surface area contributed by atoms with E-state index in [4.69, 9.17) is 5.11 Å². The van der Waals surface area contributed by atoms with Crippen molar-refractivity contribution in [3.05, 3.63) is 29.3 Å². The largest absolute Gasteiger partial charge is 0.478 e. The molecule has 0 radical (unpaired) electrons. The highest BCUT2D eigenvalue weighted by atomic mass is 32.2. The molecule has 1 aromatic carbocycles. The molecule has 0 spiro atoms. The molecule has 1 amide bonds. The fourth-order valence-electron chi connectivity index (χ4n) is 1.91. The molecule has 0 unspecified atom stereocenters. The van der Waals surface area contributed by atoms with Gasteiger partial charge in [0.25, 0.3) is 15.9 Å². The molecule has 0 saturated carbocycles. The molecule has 1 aliphatic rings. The van der Waals surface area contributed by atoms with Gasteiger partial charge in [-0.2, -0.15) is 0 Å². The van der Waals surface area contributed by atoms with E-state index in [1.807, 2.05) is 0 Å². The number of nitrogens with zero attached hydrogens (tertiary/aromatic N) is 1. The first-order valence-corrected chi connectivity index (χ1v) is 7.17. The van der Waals surface area contributed by atoms with Gasteiger partial charge in [0.1, 0.15) is 4.90 Å². The topological polar surface area (TPSA) is 91.8 Å². The van der Waals surface area contributed by atoms with Gasteiger partial charge in [-0.15, -0.1) is 11.8 Å². The van der Waals surface area contributed by atoms with E-state index >= 15 is 0 Å². The Kier molecular flexibility index (Phi) is 3.51. The van der Waals surface area contributed by atoms with Gasteiger partial charge in [0.05, 0.1) is 11.1 Å². The van der Waals surface area contributed by atoms with E-state index < -0.39 is 21.9 Å². The minimum atomic E-state index is -3.98. The maximum absolute atomic E-state index is 12.2. The normalized spacial score (nSPS) is 15.4. The fraction of sp³-hybridized carbons (Fsp3) is 0.231. The second-order valence-corrected chi connectivity index (χ2v) is 5.91. The third-order valence-corrected chi connectivity index (χ3v) is 4.69. The van der Waals surface area contributed by atoms with Crippen LogP contribution in [0, 0.1) is 11.8 Å². The molecule has 0 aliphatic carbocycles. The fourth-order valence-corrected chi connectivity index (χ4v) is 3.51. The summed E-state index contributed by atoms with van der Waals surface area (Å²) in [6.07, 6.45) is 0.237. The number of amides is 1. The third-order valence-electron chi connectivity index (χ3n) is 2.87. The molecule has 1 heterocycles. The van der Waals surface area contributed by atoms with Crippen molar-refractivity contribution >= 4 is 21.9 Å². The minimum absolute atomic E-state index is 0.000502. The van der Waals surface area contributed by atoms with Crippen LogP contribution >= 0.6 is 0 Å². The standard InChI is InChI=1S/C13H11NO5S/c1-2-3-4-7-14-12(15)10-6-5-9(13(16)17)8-11(10)20(14,18)19/h5-6,8H,4,7H2,1H3,(H,16,17). The number of carboxylic acid groups (broad SMARTS) is 1. The quantitative estimate of drug-likeness (QED) is 0.837. The first-order chi connectivity index (χ1) is 9.39. The summed E-state index contributed by atoms with van der Waals surface area (Å²) in [4.78, 5) is 22.7. The van der Waals surface area contributed by atoms with Gasteiger partial charge in [-0.25, -0.2) is 17.5 Å². The van der Waals surface area contributed by atoms with Crippen molar-refractivity contribution in [1.82, 2.24) is 4.31 Å². The van der Waals surface area contributed by atoms with Crippen LogP contribution in [0.2, 0.25) is 0 Å². The van der Waals surface area contributed by atoms with Crippen molar-refractivity contribution in [1.29, 1.82) is 0 Å². The van der Waals surface area contributed by atoms with E-state index in [1.54, 1.807) is 6.92 Å². The number of aromatic carboxylic acids is 1. The lowest BCUT2D eigenvalue weighted by molar-refractivity contribution is 0.0695. The predicted octanol–water partition coefficient (Wildman–Crippen LogP) is 0.943. The van der Waals surface area contributed by atoms with Gasteiger partial charge in [0.15, 0.2) is 0 Å². The van der Waals surface area contributed by atoms with E-state index in [9.17, 15) is 18.0 Å². The molecule has 104 valence electrons. The molecule has 0 saturated heterocycles. The number of hydrogen-bond donors (Lipinski definition) is 1. The monoisotopic (exact) mass is 293 g/mol. The van der Waals surface area contributed by atoms with E-state index in [1.165, 1.54) is 12.1 Å². The first-order valence-electron chi connectivity index (χ1n) is 5.73. The smallest absolute Gasteiger partial charge is 0.335 e. The highest BCUT2D eigenvalue weighted by Crippen LogP contribution is 2.31. The molecule has 6 nitrogen and oxygen atoms in total. The molecule has 1 aliphatic heterocycles. The van der Waals surface area contributed by atoms with Crippen molar-refractivity contribution in [2.24, 2.45) is 0 Å². The zero-order valence-electron chi connectivity index (χ0n) is 10.6. The molecule has 1 N–H and O–H groups in total. The van der Waals surface area contributed by atoms with Crippen LogP contribution in [-0.4, -0.2) is 36.3 Å². The maximum atomic E-state index is 12.2. The van der Waals surface area contributed by atoms with Crippen LogP contribution in [0.4, 0.5) is 0 Å². The number of benzene rings is 1. The molecular weight excluding hydrogens is 282 g/mol. The number of rotatable bonds is 3. The van der Waals surface area contributed by atoms with Gasteiger partial charge in [0.2, 0.25) is 0 Å². The number of carboxylic acids is 1. The molecule has 20 heavy (non-hydrogen) atoms. The van der Waals surface area contributed by atoms with Gasteiger partial charge in [-0.3, -0.25) is 4.79 Å². The Morgan fingerprint density at radius 3 is 2.70 bits per heavy atom. The Balaban J connectivity index is 2.47. The van der Waals surface area contributed by atoms with Crippen molar-refractivity contribution in [3.63, 3.8) is 0 Å². The Bertz CT molecular complexity index is 755. The lowest BCUT2D eigenvalue weighted by Crippen LogP contribution is -2.30. The van der Waals surface area contributed by atoms with Gasteiger partial charge >= 0.3 is 5.97 Å². The summed E-state index contributed by atoms with van der Waals surface area (Å²) in [7, 11) is -3.98. The summed E-state index contributed by atoms with van der Waals surface area (Å²) >= 11 is 0. The van der Waals surface area contributed by atoms with E-state index in [2.05, 4.69) is 11.8 Å². The lowest BCUT2D eigenvalue weighted by Gasteiger charge is -2.12. The Labute approximate surface area is 116 Å². The maximum Gasteiger partial charge on any atom is 0.335 e. The average Bonchev–Trinajstić information content (AvgIpc) is 2.59. The molecule has 0 aromatic heterocycles. The Hall–Kier alpha value is -2.33. The predicted molar refractivity (Wildman–Crippen MR) is 69.7 cm³/mol. The second kappa shape index (κ2) is 4.98. The van der Waals surface area contributed by atoms with Crippen LogP contribution in [-0.2, 0) is 10.0 Å². The van der Waals surface area contributed by atoms with Gasteiger partial charge in [-0.05, 0) is 25.1 Å². The summed E-state index contributed by atoms with van der Waals surface area (Å²) in [5, 5.41) is 8.88. The molecule has 7 heteroatoms. The molecule has 0 fully saturated rings. The van der Waals surface area contributed by atoms with Crippen LogP contribution in [0.15, 0.2) is 23.1 Å². The minimum Gasteiger partial charge on any atom is -0.478 e. The number of carbonyl (C=O) groups is 2. The second-order valence-electron chi connectivity index (χ2n) is 4.08. The van der Waals surface area contributed by atoms with Crippen LogP contribution in [0.3, 0.4) is 0 Å². The van der Waals surface area contributed by atoms with E-state index in [0.29, 0.717) is 0 Å². The average molecular weight is 293 g/mol. The summed E-state index contributed by atoms with van der Waals surface area (Å²) in [5.74, 6) is 3.42.